The summed E-state index contributed by atoms with van der Waals surface area (Å²) in [6, 6.07) is 12.7. The van der Waals surface area contributed by atoms with Crippen molar-refractivity contribution in [2.45, 2.75) is 36.6 Å². The van der Waals surface area contributed by atoms with Gasteiger partial charge in [-0.1, -0.05) is 47.8 Å². The molecule has 2 aromatic rings. The maximum atomic E-state index is 13.3. The highest BCUT2D eigenvalue weighted by molar-refractivity contribution is 7.92. The van der Waals surface area contributed by atoms with Crippen LogP contribution in [-0.4, -0.2) is 26.9 Å². The number of benzene rings is 2. The third-order valence-corrected chi connectivity index (χ3v) is 8.21. The van der Waals surface area contributed by atoms with Crippen LogP contribution in [0.5, 0.6) is 0 Å². The van der Waals surface area contributed by atoms with Crippen molar-refractivity contribution in [2.75, 3.05) is 10.8 Å². The highest BCUT2D eigenvalue weighted by Crippen LogP contribution is 2.44. The van der Waals surface area contributed by atoms with E-state index < -0.39 is 10.0 Å². The number of rotatable bonds is 6. The number of amides is 1. The van der Waals surface area contributed by atoms with E-state index in [1.54, 1.807) is 24.3 Å². The fourth-order valence-electron chi connectivity index (χ4n) is 4.50. The van der Waals surface area contributed by atoms with Gasteiger partial charge in [0, 0.05) is 11.1 Å². The van der Waals surface area contributed by atoms with E-state index in [-0.39, 0.29) is 34.1 Å². The molecule has 0 radical (unpaired) electrons. The van der Waals surface area contributed by atoms with Crippen LogP contribution in [0.2, 0.25) is 10.0 Å². The number of anilines is 1. The summed E-state index contributed by atoms with van der Waals surface area (Å²) < 4.78 is 27.7. The highest BCUT2D eigenvalue weighted by Gasteiger charge is 2.40. The van der Waals surface area contributed by atoms with E-state index >= 15 is 0 Å². The van der Waals surface area contributed by atoms with Gasteiger partial charge in [0.1, 0.15) is 6.54 Å². The Morgan fingerprint density at radius 2 is 1.83 bits per heavy atom. The lowest BCUT2D eigenvalue weighted by Crippen LogP contribution is -2.46. The topological polar surface area (TPSA) is 66.5 Å². The molecule has 2 aliphatic carbocycles. The Morgan fingerprint density at radius 3 is 2.48 bits per heavy atom. The van der Waals surface area contributed by atoms with Crippen molar-refractivity contribution in [3.63, 3.8) is 0 Å². The zero-order valence-electron chi connectivity index (χ0n) is 15.7. The lowest BCUT2D eigenvalue weighted by Gasteiger charge is -2.27. The van der Waals surface area contributed by atoms with Crippen molar-refractivity contribution < 1.29 is 13.2 Å². The molecule has 2 saturated carbocycles. The molecule has 8 heteroatoms. The van der Waals surface area contributed by atoms with Crippen LogP contribution in [0.25, 0.3) is 0 Å². The molecule has 1 N–H and O–H groups in total. The SMILES string of the molecule is O=C(CN(c1cc(Cl)ccc1Cl)S(=O)(=O)c1ccccc1)N[C@H]1C[C@@H]2CC[C@@H]1C2. The summed E-state index contributed by atoms with van der Waals surface area (Å²) in [5.74, 6) is 0.841. The summed E-state index contributed by atoms with van der Waals surface area (Å²) in [7, 11) is -4.00. The molecule has 0 aliphatic heterocycles. The summed E-state index contributed by atoms with van der Waals surface area (Å²) in [5.41, 5.74) is 0.186. The molecule has 3 atom stereocenters. The van der Waals surface area contributed by atoms with Crippen molar-refractivity contribution in [1.29, 1.82) is 0 Å². The van der Waals surface area contributed by atoms with E-state index in [0.29, 0.717) is 16.9 Å². The van der Waals surface area contributed by atoms with Crippen molar-refractivity contribution in [2.24, 2.45) is 11.8 Å². The minimum atomic E-state index is -4.00. The minimum Gasteiger partial charge on any atom is -0.352 e. The van der Waals surface area contributed by atoms with Gasteiger partial charge in [0.25, 0.3) is 10.0 Å². The van der Waals surface area contributed by atoms with Crippen LogP contribution in [-0.2, 0) is 14.8 Å². The molecule has 29 heavy (non-hydrogen) atoms. The number of carbonyl (C=O) groups is 1. The second-order valence-corrected chi connectivity index (χ2v) is 10.5. The largest absolute Gasteiger partial charge is 0.352 e. The summed E-state index contributed by atoms with van der Waals surface area (Å²) in [5, 5.41) is 3.60. The van der Waals surface area contributed by atoms with Gasteiger partial charge in [0.05, 0.1) is 15.6 Å². The molecule has 2 aliphatic rings. The molecule has 0 aromatic heterocycles. The molecular weight excluding hydrogens is 431 g/mol. The van der Waals surface area contributed by atoms with Crippen molar-refractivity contribution in [3.8, 4) is 0 Å². The molecule has 0 saturated heterocycles. The predicted molar refractivity (Wildman–Crippen MR) is 115 cm³/mol. The van der Waals surface area contributed by atoms with E-state index in [2.05, 4.69) is 5.32 Å². The molecule has 0 spiro atoms. The first-order valence-electron chi connectivity index (χ1n) is 9.67. The Kier molecular flexibility index (Phi) is 5.78. The van der Waals surface area contributed by atoms with Crippen molar-refractivity contribution >= 4 is 44.8 Å². The Bertz CT molecular complexity index is 1010. The van der Waals surface area contributed by atoms with Crippen molar-refractivity contribution in [1.82, 2.24) is 5.32 Å². The highest BCUT2D eigenvalue weighted by atomic mass is 35.5. The van der Waals surface area contributed by atoms with Gasteiger partial charge in [-0.3, -0.25) is 9.10 Å². The molecule has 0 heterocycles. The van der Waals surface area contributed by atoms with E-state index in [0.717, 1.165) is 23.6 Å². The molecule has 2 fully saturated rings. The van der Waals surface area contributed by atoms with E-state index in [1.165, 1.54) is 30.7 Å². The Hall–Kier alpha value is -1.76. The maximum Gasteiger partial charge on any atom is 0.264 e. The standard InChI is InChI=1S/C21H22Cl2N2O3S/c22-16-8-9-18(23)20(12-16)25(29(27,28)17-4-2-1-3-5-17)13-21(26)24-19-11-14-6-7-15(19)10-14/h1-5,8-9,12,14-15,19H,6-7,10-11,13H2,(H,24,26)/t14-,15-,19+/m1/s1. The summed E-state index contributed by atoms with van der Waals surface area (Å²) >= 11 is 12.4. The maximum absolute atomic E-state index is 13.3. The van der Waals surface area contributed by atoms with Gasteiger partial charge in [0.2, 0.25) is 5.91 Å². The third-order valence-electron chi connectivity index (χ3n) is 5.88. The molecule has 0 unspecified atom stereocenters. The lowest BCUT2D eigenvalue weighted by atomic mass is 9.95. The van der Waals surface area contributed by atoms with Gasteiger partial charge in [-0.2, -0.15) is 0 Å². The number of hydrogen-bond acceptors (Lipinski definition) is 3. The number of nitrogens with zero attached hydrogens (tertiary/aromatic N) is 1. The number of sulfonamides is 1. The lowest BCUT2D eigenvalue weighted by molar-refractivity contribution is -0.120. The monoisotopic (exact) mass is 452 g/mol. The van der Waals surface area contributed by atoms with E-state index in [9.17, 15) is 13.2 Å². The van der Waals surface area contributed by atoms with E-state index in [4.69, 9.17) is 23.2 Å². The number of carbonyl (C=O) groups excluding carboxylic acids is 1. The number of hydrogen-bond donors (Lipinski definition) is 1. The number of halogens is 2. The van der Waals surface area contributed by atoms with Gasteiger partial charge >= 0.3 is 0 Å². The molecule has 1 amide bonds. The molecule has 4 rings (SSSR count). The van der Waals surface area contributed by atoms with Crippen LogP contribution in [0.1, 0.15) is 25.7 Å². The fraction of sp³-hybridized carbons (Fsp3) is 0.381. The zero-order chi connectivity index (χ0) is 20.6. The average Bonchev–Trinajstić information content (AvgIpc) is 3.32. The van der Waals surface area contributed by atoms with Gasteiger partial charge in [0.15, 0.2) is 0 Å². The van der Waals surface area contributed by atoms with Gasteiger partial charge in [-0.15, -0.1) is 0 Å². The summed E-state index contributed by atoms with van der Waals surface area (Å²) in [6.45, 7) is -0.356. The molecule has 5 nitrogen and oxygen atoms in total. The quantitative estimate of drug-likeness (QED) is 0.701. The van der Waals surface area contributed by atoms with Gasteiger partial charge in [-0.05, 0) is 61.4 Å². The van der Waals surface area contributed by atoms with Crippen LogP contribution in [0.3, 0.4) is 0 Å². The smallest absolute Gasteiger partial charge is 0.264 e. The first-order chi connectivity index (χ1) is 13.8. The second-order valence-electron chi connectivity index (χ2n) is 7.77. The Morgan fingerprint density at radius 1 is 1.07 bits per heavy atom. The van der Waals surface area contributed by atoms with E-state index in [1.807, 2.05) is 0 Å². The number of fused-ring (bicyclic) bond motifs is 2. The van der Waals surface area contributed by atoms with Crippen LogP contribution in [0.4, 0.5) is 5.69 Å². The van der Waals surface area contributed by atoms with Crippen LogP contribution in [0.15, 0.2) is 53.4 Å². The molecule has 2 bridgehead atoms. The van der Waals surface area contributed by atoms with Crippen molar-refractivity contribution in [3.05, 3.63) is 58.6 Å². The van der Waals surface area contributed by atoms with Crippen LogP contribution < -0.4 is 9.62 Å². The second kappa shape index (κ2) is 8.17. The molecule has 2 aromatic carbocycles. The zero-order valence-corrected chi connectivity index (χ0v) is 18.1. The Balaban J connectivity index is 1.63. The third kappa shape index (κ3) is 4.25. The van der Waals surface area contributed by atoms with Crippen LogP contribution in [0, 0.1) is 11.8 Å². The Labute approximate surface area is 181 Å². The minimum absolute atomic E-state index is 0.0868. The van der Waals surface area contributed by atoms with Gasteiger partial charge < -0.3 is 5.32 Å². The average molecular weight is 453 g/mol. The first kappa shape index (κ1) is 20.5. The number of nitrogens with one attached hydrogen (secondary N) is 1. The normalized spacial score (nSPS) is 23.2. The summed E-state index contributed by atoms with van der Waals surface area (Å²) in [6.07, 6.45) is 4.47. The summed E-state index contributed by atoms with van der Waals surface area (Å²) in [4.78, 5) is 12.9. The molecular formula is C21H22Cl2N2O3S. The van der Waals surface area contributed by atoms with Crippen LogP contribution >= 0.6 is 23.2 Å². The first-order valence-corrected chi connectivity index (χ1v) is 11.9. The molecule has 154 valence electrons. The van der Waals surface area contributed by atoms with Gasteiger partial charge in [-0.25, -0.2) is 8.42 Å². The fourth-order valence-corrected chi connectivity index (χ4v) is 6.39. The predicted octanol–water partition coefficient (Wildman–Crippen LogP) is 4.49.